The standard InChI is InChI=1S/C40H54N6O3Si2/c1-39(2,3)50(7,8)47-26-33-32(49-51(9,10)40(4,5)6)25-34(48-33)45-27-42-36-35(43-38(41)44-37(36)45)28-21-23-31(24-22-28)46(29-17-13-11-14-18-29)30-19-15-12-16-20-30/h11-24,27,32-34H,25-26H2,1-10H3,(H2,41,43,44)/t32-,33+,34+/m0/s1. The largest absolute Gasteiger partial charge is 0.414 e. The minimum Gasteiger partial charge on any atom is -0.414 e. The van der Waals surface area contributed by atoms with Gasteiger partial charge in [0.1, 0.15) is 23.5 Å². The first kappa shape index (κ1) is 36.9. The van der Waals surface area contributed by atoms with Gasteiger partial charge in [-0.25, -0.2) is 9.97 Å². The van der Waals surface area contributed by atoms with Crippen LogP contribution in [0, 0.1) is 0 Å². The Morgan fingerprint density at radius 3 is 1.88 bits per heavy atom. The SMILES string of the molecule is CC(C)(C)[Si](C)(C)OC[C@H]1O[C@@H](n2cnc3c(-c4ccc(N(c5ccccc5)c5ccccc5)cc4)nc(N)nc32)C[C@@H]1O[Si](C)(C)C(C)(C)C. The molecule has 51 heavy (non-hydrogen) atoms. The van der Waals surface area contributed by atoms with Gasteiger partial charge in [-0.3, -0.25) is 4.57 Å². The molecule has 270 valence electrons. The second-order valence-electron chi connectivity index (χ2n) is 16.7. The van der Waals surface area contributed by atoms with Gasteiger partial charge < -0.3 is 24.2 Å². The Kier molecular flexibility index (Phi) is 10.1. The van der Waals surface area contributed by atoms with E-state index in [-0.39, 0.29) is 34.5 Å². The lowest BCUT2D eigenvalue weighted by Crippen LogP contribution is -2.48. The van der Waals surface area contributed by atoms with Crippen LogP contribution in [0.4, 0.5) is 23.0 Å². The molecule has 0 bridgehead atoms. The number of nitrogens with two attached hydrogens (primary N) is 1. The van der Waals surface area contributed by atoms with Gasteiger partial charge in [0.15, 0.2) is 22.3 Å². The zero-order valence-corrected chi connectivity index (χ0v) is 33.8. The molecule has 0 spiro atoms. The molecule has 11 heteroatoms. The zero-order chi connectivity index (χ0) is 36.8. The molecule has 1 aliphatic heterocycles. The normalized spacial score (nSPS) is 18.7. The summed E-state index contributed by atoms with van der Waals surface area (Å²) < 4.78 is 22.6. The quantitative estimate of drug-likeness (QED) is 0.142. The van der Waals surface area contributed by atoms with Crippen LogP contribution in [-0.2, 0) is 13.6 Å². The number of hydrogen-bond donors (Lipinski definition) is 1. The number of imidazole rings is 1. The third-order valence-corrected chi connectivity index (χ3v) is 20.0. The lowest BCUT2D eigenvalue weighted by atomic mass is 10.1. The van der Waals surface area contributed by atoms with Gasteiger partial charge in [-0.1, -0.05) is 90.1 Å². The molecule has 0 saturated carbocycles. The van der Waals surface area contributed by atoms with Gasteiger partial charge in [0.05, 0.1) is 19.0 Å². The number of anilines is 4. The van der Waals surface area contributed by atoms with Crippen molar-refractivity contribution in [3.8, 4) is 11.3 Å². The highest BCUT2D eigenvalue weighted by molar-refractivity contribution is 6.74. The van der Waals surface area contributed by atoms with Gasteiger partial charge in [-0.2, -0.15) is 4.98 Å². The number of aromatic nitrogens is 4. The van der Waals surface area contributed by atoms with Crippen molar-refractivity contribution >= 4 is 50.8 Å². The fourth-order valence-corrected chi connectivity index (χ4v) is 8.29. The van der Waals surface area contributed by atoms with E-state index in [1.807, 2.05) is 16.7 Å². The van der Waals surface area contributed by atoms with Gasteiger partial charge in [0, 0.05) is 29.0 Å². The fraction of sp³-hybridized carbons (Fsp3) is 0.425. The van der Waals surface area contributed by atoms with E-state index in [0.29, 0.717) is 29.9 Å². The van der Waals surface area contributed by atoms with E-state index in [9.17, 15) is 0 Å². The molecule has 9 nitrogen and oxygen atoms in total. The summed E-state index contributed by atoms with van der Waals surface area (Å²) in [5.74, 6) is 0.184. The first-order valence-electron chi connectivity index (χ1n) is 17.9. The molecule has 2 aromatic heterocycles. The average Bonchev–Trinajstić information content (AvgIpc) is 3.67. The summed E-state index contributed by atoms with van der Waals surface area (Å²) in [4.78, 5) is 16.5. The Hall–Kier alpha value is -3.88. The molecule has 0 unspecified atom stereocenters. The summed E-state index contributed by atoms with van der Waals surface area (Å²) in [5, 5.41) is 0.148. The molecule has 0 aliphatic carbocycles. The van der Waals surface area contributed by atoms with Crippen LogP contribution < -0.4 is 10.6 Å². The van der Waals surface area contributed by atoms with Crippen molar-refractivity contribution in [2.75, 3.05) is 17.2 Å². The Balaban J connectivity index is 1.32. The van der Waals surface area contributed by atoms with Crippen LogP contribution in [0.3, 0.4) is 0 Å². The second-order valence-corrected chi connectivity index (χ2v) is 26.2. The van der Waals surface area contributed by atoms with E-state index in [1.165, 1.54) is 0 Å². The topological polar surface area (TPSA) is 101 Å². The van der Waals surface area contributed by atoms with Crippen LogP contribution >= 0.6 is 0 Å². The van der Waals surface area contributed by atoms with E-state index in [0.717, 1.165) is 22.6 Å². The molecule has 0 amide bonds. The lowest BCUT2D eigenvalue weighted by Gasteiger charge is -2.40. The summed E-state index contributed by atoms with van der Waals surface area (Å²) in [5.41, 5.74) is 12.5. The van der Waals surface area contributed by atoms with Crippen LogP contribution in [0.1, 0.15) is 54.2 Å². The van der Waals surface area contributed by atoms with E-state index in [2.05, 4.69) is 150 Å². The van der Waals surface area contributed by atoms with Crippen molar-refractivity contribution < 1.29 is 13.6 Å². The van der Waals surface area contributed by atoms with Crippen molar-refractivity contribution in [2.45, 2.75) is 103 Å². The van der Waals surface area contributed by atoms with Crippen LogP contribution in [0.25, 0.3) is 22.4 Å². The number of para-hydroxylation sites is 2. The Bertz CT molecular complexity index is 1900. The molecule has 6 rings (SSSR count). The minimum atomic E-state index is -2.11. The third-order valence-electron chi connectivity index (χ3n) is 11.0. The van der Waals surface area contributed by atoms with Gasteiger partial charge in [-0.05, 0) is 72.7 Å². The van der Waals surface area contributed by atoms with Crippen LogP contribution in [-0.4, -0.2) is 55.0 Å². The Morgan fingerprint density at radius 2 is 1.33 bits per heavy atom. The number of fused-ring (bicyclic) bond motifs is 1. The summed E-state index contributed by atoms with van der Waals surface area (Å²) in [6.45, 7) is 23.2. The van der Waals surface area contributed by atoms with Gasteiger partial charge in [-0.15, -0.1) is 0 Å². The monoisotopic (exact) mass is 722 g/mol. The second kappa shape index (κ2) is 13.9. The zero-order valence-electron chi connectivity index (χ0n) is 31.8. The maximum Gasteiger partial charge on any atom is 0.222 e. The van der Waals surface area contributed by atoms with E-state index < -0.39 is 16.6 Å². The average molecular weight is 723 g/mol. The summed E-state index contributed by atoms with van der Waals surface area (Å²) in [6, 6.07) is 29.0. The number of nitrogen functional groups attached to an aromatic ring is 1. The van der Waals surface area contributed by atoms with Crippen molar-refractivity contribution in [2.24, 2.45) is 0 Å². The summed E-state index contributed by atoms with van der Waals surface area (Å²) >= 11 is 0. The van der Waals surface area contributed by atoms with Gasteiger partial charge in [0.2, 0.25) is 5.95 Å². The lowest BCUT2D eigenvalue weighted by molar-refractivity contribution is -0.0383. The highest BCUT2D eigenvalue weighted by Crippen LogP contribution is 2.43. The Labute approximate surface area is 305 Å². The fourth-order valence-electron chi connectivity index (χ4n) is 5.92. The molecule has 2 N–H and O–H groups in total. The summed E-state index contributed by atoms with van der Waals surface area (Å²) in [7, 11) is -4.12. The van der Waals surface area contributed by atoms with Gasteiger partial charge >= 0.3 is 0 Å². The van der Waals surface area contributed by atoms with Crippen LogP contribution in [0.5, 0.6) is 0 Å². The van der Waals surface area contributed by atoms with Crippen LogP contribution in [0.15, 0.2) is 91.3 Å². The molecule has 3 atom stereocenters. The molecular weight excluding hydrogens is 669 g/mol. The van der Waals surface area contributed by atoms with E-state index in [1.54, 1.807) is 6.33 Å². The maximum atomic E-state index is 7.03. The molecular formula is C40H54N6O3Si2. The number of benzene rings is 3. The molecule has 1 fully saturated rings. The van der Waals surface area contributed by atoms with Crippen molar-refractivity contribution in [1.29, 1.82) is 0 Å². The molecule has 1 saturated heterocycles. The molecule has 0 radical (unpaired) electrons. The highest BCUT2D eigenvalue weighted by Gasteiger charge is 2.47. The Morgan fingerprint density at radius 1 is 0.784 bits per heavy atom. The number of hydrogen-bond acceptors (Lipinski definition) is 8. The predicted molar refractivity (Wildman–Crippen MR) is 214 cm³/mol. The third kappa shape index (κ3) is 7.68. The minimum absolute atomic E-state index is 0.0585. The van der Waals surface area contributed by atoms with Crippen molar-refractivity contribution in [3.05, 3.63) is 91.3 Å². The maximum absolute atomic E-state index is 7.03. The van der Waals surface area contributed by atoms with Crippen molar-refractivity contribution in [1.82, 2.24) is 19.5 Å². The number of rotatable bonds is 10. The first-order chi connectivity index (χ1) is 23.9. The number of ether oxygens (including phenoxy) is 1. The molecule has 3 aromatic carbocycles. The molecule has 1 aliphatic rings. The number of nitrogens with zero attached hydrogens (tertiary/aromatic N) is 5. The van der Waals surface area contributed by atoms with Gasteiger partial charge in [0.25, 0.3) is 0 Å². The first-order valence-corrected chi connectivity index (χ1v) is 23.7. The highest BCUT2D eigenvalue weighted by atomic mass is 28.4. The van der Waals surface area contributed by atoms with Crippen molar-refractivity contribution in [3.63, 3.8) is 0 Å². The van der Waals surface area contributed by atoms with E-state index >= 15 is 0 Å². The molecule has 3 heterocycles. The summed E-state index contributed by atoms with van der Waals surface area (Å²) in [6.07, 6.45) is 1.77. The van der Waals surface area contributed by atoms with E-state index in [4.69, 9.17) is 29.3 Å². The molecule has 5 aromatic rings. The smallest absolute Gasteiger partial charge is 0.222 e. The predicted octanol–water partition coefficient (Wildman–Crippen LogP) is 10.2. The van der Waals surface area contributed by atoms with Crippen LogP contribution in [0.2, 0.25) is 36.3 Å².